The monoisotopic (exact) mass is 516 g/mol. The van der Waals surface area contributed by atoms with Crippen LogP contribution in [0.5, 0.6) is 11.5 Å². The third kappa shape index (κ3) is 6.32. The second-order valence-electron chi connectivity index (χ2n) is 8.37. The number of likely N-dealkylation sites (tertiary alicyclic amines) is 1. The van der Waals surface area contributed by atoms with Crippen molar-refractivity contribution >= 4 is 40.4 Å². The van der Waals surface area contributed by atoms with Crippen LogP contribution < -0.4 is 15.4 Å². The molecule has 4 rings (SSSR count). The molecule has 10 heteroatoms. The summed E-state index contributed by atoms with van der Waals surface area (Å²) in [7, 11) is 0. The largest absolute Gasteiger partial charge is 0.456 e. The molecule has 0 spiro atoms. The molecule has 3 N–H and O–H groups in total. The lowest BCUT2D eigenvalue weighted by molar-refractivity contribution is -0.124. The zero-order chi connectivity index (χ0) is 26.4. The standard InChI is InChI=1S/C27H28N6O3S/c1-5-7-23(34)33-15-13-20(16-33)30-26-24-22(12-14-28-25(24)31-32-26)36-21-10-8-19(9-11-21)27(35)29-18(4)37-17(3)6-2/h6,8-12,14,20H,4,13,15-16H2,1-3H3,(H,29,35)(H2,28,30,31,32)/b17-6-. The van der Waals surface area contributed by atoms with Crippen molar-refractivity contribution in [2.45, 2.75) is 33.2 Å². The molecule has 1 atom stereocenters. The molecule has 1 aromatic carbocycles. The predicted octanol–water partition coefficient (Wildman–Crippen LogP) is 4.64. The number of nitrogens with zero attached hydrogens (tertiary/aromatic N) is 3. The van der Waals surface area contributed by atoms with Crippen molar-refractivity contribution in [2.24, 2.45) is 0 Å². The highest BCUT2D eigenvalue weighted by Gasteiger charge is 2.27. The predicted molar refractivity (Wildman–Crippen MR) is 146 cm³/mol. The molecule has 0 radical (unpaired) electrons. The van der Waals surface area contributed by atoms with Gasteiger partial charge in [-0.3, -0.25) is 14.7 Å². The van der Waals surface area contributed by atoms with Crippen LogP contribution in [0.25, 0.3) is 11.0 Å². The molecular formula is C27H28N6O3S. The molecule has 1 fully saturated rings. The number of hydrogen-bond donors (Lipinski definition) is 3. The van der Waals surface area contributed by atoms with E-state index in [0.29, 0.717) is 52.0 Å². The Balaban J connectivity index is 1.45. The summed E-state index contributed by atoms with van der Waals surface area (Å²) in [6, 6.07) is 8.65. The molecule has 1 aliphatic rings. The van der Waals surface area contributed by atoms with Gasteiger partial charge >= 0.3 is 0 Å². The summed E-state index contributed by atoms with van der Waals surface area (Å²) < 4.78 is 6.15. The molecule has 0 bridgehead atoms. The quantitative estimate of drug-likeness (QED) is 0.374. The van der Waals surface area contributed by atoms with Crippen LogP contribution in [0, 0.1) is 11.8 Å². The summed E-state index contributed by atoms with van der Waals surface area (Å²) in [4.78, 5) is 31.7. The van der Waals surface area contributed by atoms with Crippen molar-refractivity contribution in [3.63, 3.8) is 0 Å². The fourth-order valence-corrected chi connectivity index (χ4v) is 4.48. The lowest BCUT2D eigenvalue weighted by atomic mass is 10.2. The number of amides is 2. The number of fused-ring (bicyclic) bond motifs is 1. The number of allylic oxidation sites excluding steroid dienone is 2. The van der Waals surface area contributed by atoms with E-state index in [1.807, 2.05) is 19.9 Å². The number of H-pyrrole nitrogens is 1. The van der Waals surface area contributed by atoms with Gasteiger partial charge in [-0.2, -0.15) is 5.10 Å². The molecule has 0 aliphatic carbocycles. The van der Waals surface area contributed by atoms with Crippen LogP contribution in [0.15, 0.2) is 59.1 Å². The second-order valence-corrected chi connectivity index (χ2v) is 9.71. The molecule has 2 aromatic heterocycles. The molecular weight excluding hydrogens is 488 g/mol. The van der Waals surface area contributed by atoms with E-state index in [-0.39, 0.29) is 17.9 Å². The van der Waals surface area contributed by atoms with E-state index in [9.17, 15) is 9.59 Å². The summed E-state index contributed by atoms with van der Waals surface area (Å²) in [5.74, 6) is 6.55. The number of ether oxygens (including phenoxy) is 1. The molecule has 37 heavy (non-hydrogen) atoms. The third-order valence-corrected chi connectivity index (χ3v) is 6.67. The topological polar surface area (TPSA) is 112 Å². The van der Waals surface area contributed by atoms with Gasteiger partial charge in [-0.25, -0.2) is 4.98 Å². The van der Waals surface area contributed by atoms with Crippen molar-refractivity contribution < 1.29 is 14.3 Å². The fourth-order valence-electron chi connectivity index (χ4n) is 3.83. The van der Waals surface area contributed by atoms with E-state index in [0.717, 1.165) is 11.3 Å². The Kier molecular flexibility index (Phi) is 8.15. The van der Waals surface area contributed by atoms with Gasteiger partial charge in [0, 0.05) is 37.0 Å². The van der Waals surface area contributed by atoms with E-state index in [1.54, 1.807) is 48.4 Å². The van der Waals surface area contributed by atoms with Crippen LogP contribution in [-0.2, 0) is 4.79 Å². The Morgan fingerprint density at radius 2 is 2.08 bits per heavy atom. The number of pyridine rings is 1. The smallest absolute Gasteiger partial charge is 0.298 e. The maximum atomic E-state index is 12.5. The molecule has 9 nitrogen and oxygen atoms in total. The first-order valence-corrected chi connectivity index (χ1v) is 12.6. The highest BCUT2D eigenvalue weighted by molar-refractivity contribution is 8.06. The molecule has 190 valence electrons. The van der Waals surface area contributed by atoms with E-state index in [4.69, 9.17) is 4.74 Å². The van der Waals surface area contributed by atoms with Gasteiger partial charge in [-0.15, -0.1) is 0 Å². The fraction of sp³-hybridized carbons (Fsp3) is 0.259. The van der Waals surface area contributed by atoms with Gasteiger partial charge < -0.3 is 20.3 Å². The Morgan fingerprint density at radius 3 is 2.81 bits per heavy atom. The van der Waals surface area contributed by atoms with Gasteiger partial charge in [0.05, 0.1) is 5.03 Å². The number of nitrogens with one attached hydrogen (secondary N) is 3. The van der Waals surface area contributed by atoms with Gasteiger partial charge in [-0.05, 0) is 62.3 Å². The van der Waals surface area contributed by atoms with E-state index in [2.05, 4.69) is 44.2 Å². The first-order valence-electron chi connectivity index (χ1n) is 11.8. The molecule has 1 aliphatic heterocycles. The van der Waals surface area contributed by atoms with E-state index in [1.165, 1.54) is 11.8 Å². The van der Waals surface area contributed by atoms with Crippen LogP contribution in [0.3, 0.4) is 0 Å². The van der Waals surface area contributed by atoms with Crippen molar-refractivity contribution in [3.05, 3.63) is 64.7 Å². The van der Waals surface area contributed by atoms with Crippen LogP contribution in [0.2, 0.25) is 0 Å². The van der Waals surface area contributed by atoms with Gasteiger partial charge in [0.2, 0.25) is 0 Å². The van der Waals surface area contributed by atoms with Gasteiger partial charge in [0.15, 0.2) is 11.5 Å². The number of hydrogen-bond acceptors (Lipinski definition) is 7. The van der Waals surface area contributed by atoms with Crippen molar-refractivity contribution in [1.82, 2.24) is 25.4 Å². The lowest BCUT2D eigenvalue weighted by Gasteiger charge is -2.15. The summed E-state index contributed by atoms with van der Waals surface area (Å²) in [5, 5.41) is 14.8. The summed E-state index contributed by atoms with van der Waals surface area (Å²) in [5.41, 5.74) is 1.07. The Hall–Kier alpha value is -4.23. The Labute approximate surface area is 219 Å². The third-order valence-electron chi connectivity index (χ3n) is 5.76. The number of benzene rings is 1. The zero-order valence-corrected chi connectivity index (χ0v) is 21.7. The minimum atomic E-state index is -0.241. The van der Waals surface area contributed by atoms with Crippen LogP contribution in [-0.4, -0.2) is 51.0 Å². The number of thioether (sulfide) groups is 1. The average molecular weight is 517 g/mol. The molecule has 0 saturated carbocycles. The highest BCUT2D eigenvalue weighted by Crippen LogP contribution is 2.33. The maximum absolute atomic E-state index is 12.5. The highest BCUT2D eigenvalue weighted by atomic mass is 32.2. The normalized spacial score (nSPS) is 15.2. The summed E-state index contributed by atoms with van der Waals surface area (Å²) in [6.45, 7) is 10.6. The van der Waals surface area contributed by atoms with E-state index >= 15 is 0 Å². The minimum Gasteiger partial charge on any atom is -0.456 e. The zero-order valence-electron chi connectivity index (χ0n) is 20.9. The molecule has 3 aromatic rings. The van der Waals surface area contributed by atoms with Crippen molar-refractivity contribution in [2.75, 3.05) is 18.4 Å². The molecule has 1 unspecified atom stereocenters. The number of anilines is 1. The maximum Gasteiger partial charge on any atom is 0.298 e. The van der Waals surface area contributed by atoms with Crippen molar-refractivity contribution in [3.8, 4) is 23.3 Å². The van der Waals surface area contributed by atoms with Crippen molar-refractivity contribution in [1.29, 1.82) is 0 Å². The number of carbonyl (C=O) groups excluding carboxylic acids is 2. The SMILES string of the molecule is C=C(NC(=O)c1ccc(Oc2ccnc3[nH]nc(NC4CCN(C(=O)C#CC)C4)c23)cc1)S/C(C)=C\C. The first kappa shape index (κ1) is 25.9. The van der Waals surface area contributed by atoms with Crippen LogP contribution in [0.4, 0.5) is 5.82 Å². The molecule has 2 amide bonds. The van der Waals surface area contributed by atoms with Crippen LogP contribution >= 0.6 is 11.8 Å². The average Bonchev–Trinajstić information content (AvgIpc) is 3.52. The number of carbonyl (C=O) groups is 2. The van der Waals surface area contributed by atoms with Gasteiger partial charge in [-0.1, -0.05) is 30.3 Å². The first-order chi connectivity index (χ1) is 17.9. The Bertz CT molecular complexity index is 1420. The summed E-state index contributed by atoms with van der Waals surface area (Å²) >= 11 is 1.41. The second kappa shape index (κ2) is 11.7. The van der Waals surface area contributed by atoms with Gasteiger partial charge in [0.1, 0.15) is 16.9 Å². The number of aromatic nitrogens is 3. The Morgan fingerprint density at radius 1 is 1.30 bits per heavy atom. The lowest BCUT2D eigenvalue weighted by Crippen LogP contribution is -2.30. The van der Waals surface area contributed by atoms with Crippen LogP contribution in [0.1, 0.15) is 37.6 Å². The summed E-state index contributed by atoms with van der Waals surface area (Å²) in [6.07, 6.45) is 4.37. The molecule has 1 saturated heterocycles. The molecule has 3 heterocycles. The van der Waals surface area contributed by atoms with E-state index < -0.39 is 0 Å². The van der Waals surface area contributed by atoms with Gasteiger partial charge in [0.25, 0.3) is 11.8 Å². The number of rotatable bonds is 8. The number of aromatic amines is 1. The minimum absolute atomic E-state index is 0.0319.